The van der Waals surface area contributed by atoms with E-state index in [2.05, 4.69) is 62.8 Å². The van der Waals surface area contributed by atoms with Gasteiger partial charge in [-0.1, -0.05) is 65.8 Å². The Kier molecular flexibility index (Phi) is 3.86. The van der Waals surface area contributed by atoms with Crippen LogP contribution in [0.4, 0.5) is 17.1 Å². The van der Waals surface area contributed by atoms with Crippen LogP contribution in [0, 0.1) is 6.92 Å². The Balaban J connectivity index is 1.58. The van der Waals surface area contributed by atoms with Gasteiger partial charge in [0, 0.05) is 11.6 Å². The number of hydrogen-bond donors (Lipinski definition) is 1. The van der Waals surface area contributed by atoms with Gasteiger partial charge in [0.25, 0.3) is 0 Å². The van der Waals surface area contributed by atoms with Crippen LogP contribution in [0.5, 0.6) is 0 Å². The number of nitrogens with one attached hydrogen (secondary N) is 1. The fourth-order valence-corrected chi connectivity index (χ4v) is 4.47. The first kappa shape index (κ1) is 17.8. The summed E-state index contributed by atoms with van der Waals surface area (Å²) in [6.07, 6.45) is 0.577. The van der Waals surface area contributed by atoms with Crippen molar-refractivity contribution >= 4 is 22.9 Å². The third kappa shape index (κ3) is 2.72. The molecule has 2 aliphatic heterocycles. The number of hydrazone groups is 1. The van der Waals surface area contributed by atoms with Gasteiger partial charge in [-0.25, -0.2) is 5.01 Å². The number of anilines is 3. The van der Waals surface area contributed by atoms with E-state index in [1.165, 1.54) is 0 Å². The number of nitrogens with zero attached hydrogens (tertiary/aromatic N) is 4. The first-order valence-electron chi connectivity index (χ1n) is 10.3. The average molecular weight is 407 g/mol. The van der Waals surface area contributed by atoms with Crippen LogP contribution in [-0.4, -0.2) is 16.8 Å². The van der Waals surface area contributed by atoms with Crippen molar-refractivity contribution in [2.75, 3.05) is 15.2 Å². The zero-order valence-electron chi connectivity index (χ0n) is 17.1. The quantitative estimate of drug-likeness (QED) is 0.516. The number of para-hydroxylation sites is 3. The van der Waals surface area contributed by atoms with Gasteiger partial charge in [-0.15, -0.1) is 5.10 Å². The molecule has 0 amide bonds. The maximum Gasteiger partial charge on any atom is 0.221 e. The van der Waals surface area contributed by atoms with Gasteiger partial charge in [0.2, 0.25) is 5.79 Å². The molecule has 31 heavy (non-hydrogen) atoms. The minimum absolute atomic E-state index is 0.577. The molecule has 0 radical (unpaired) electrons. The Morgan fingerprint density at radius 1 is 0.903 bits per heavy atom. The lowest BCUT2D eigenvalue weighted by Crippen LogP contribution is -2.60. The van der Waals surface area contributed by atoms with Crippen molar-refractivity contribution < 1.29 is 4.52 Å². The lowest BCUT2D eigenvalue weighted by Gasteiger charge is -2.39. The van der Waals surface area contributed by atoms with Crippen molar-refractivity contribution in [2.24, 2.45) is 5.10 Å². The number of fused-ring (bicyclic) bond motifs is 3. The number of aryl methyl sites for hydroxylation is 1. The molecule has 0 spiro atoms. The molecule has 2 aliphatic rings. The maximum absolute atomic E-state index is 5.40. The fourth-order valence-electron chi connectivity index (χ4n) is 4.47. The molecular weight excluding hydrogens is 386 g/mol. The first-order chi connectivity index (χ1) is 15.2. The molecule has 4 aromatic rings. The van der Waals surface area contributed by atoms with Gasteiger partial charge in [-0.05, 0) is 31.2 Å². The van der Waals surface area contributed by atoms with Crippen molar-refractivity contribution in [3.63, 3.8) is 0 Å². The number of hydrogen-bond acceptors (Lipinski definition) is 6. The van der Waals surface area contributed by atoms with Crippen LogP contribution in [-0.2, 0) is 6.42 Å². The molecule has 0 aliphatic carbocycles. The van der Waals surface area contributed by atoms with Crippen molar-refractivity contribution in [3.05, 3.63) is 108 Å². The van der Waals surface area contributed by atoms with Gasteiger partial charge in [0.1, 0.15) is 5.76 Å². The third-order valence-corrected chi connectivity index (χ3v) is 5.74. The molecular formula is C25H21N5O. The van der Waals surface area contributed by atoms with Crippen LogP contribution < -0.4 is 15.2 Å². The Labute approximate surface area is 180 Å². The molecule has 6 nitrogen and oxygen atoms in total. The monoisotopic (exact) mass is 407 g/mol. The van der Waals surface area contributed by atoms with Gasteiger partial charge < -0.3 is 9.84 Å². The molecule has 152 valence electrons. The lowest BCUT2D eigenvalue weighted by molar-refractivity contribution is 0.381. The molecule has 3 heterocycles. The summed E-state index contributed by atoms with van der Waals surface area (Å²) >= 11 is 0. The molecule has 3 aromatic carbocycles. The van der Waals surface area contributed by atoms with E-state index in [1.54, 1.807) is 0 Å². The molecule has 0 bridgehead atoms. The van der Waals surface area contributed by atoms with Crippen molar-refractivity contribution in [1.82, 2.24) is 5.16 Å². The highest BCUT2D eigenvalue weighted by atomic mass is 16.5. The number of aromatic nitrogens is 1. The standard InChI is InChI=1S/C25H21N5O/c1-18-16-20(28-31-18)17-25-26-22-14-8-9-15-23(22)29(25)24(19-10-4-2-5-11-19)27-30(25)21-12-6-3-7-13-21/h2-16,26H,17H2,1H3. The second kappa shape index (κ2) is 6.74. The van der Waals surface area contributed by atoms with Crippen LogP contribution in [0.1, 0.15) is 17.0 Å². The van der Waals surface area contributed by atoms with Crippen LogP contribution in [0.2, 0.25) is 0 Å². The highest BCUT2D eigenvalue weighted by Gasteiger charge is 2.55. The summed E-state index contributed by atoms with van der Waals surface area (Å²) in [5, 5.41) is 15.3. The number of rotatable bonds is 4. The summed E-state index contributed by atoms with van der Waals surface area (Å²) in [5.74, 6) is 1.00. The van der Waals surface area contributed by atoms with Crippen LogP contribution in [0.15, 0.2) is 101 Å². The SMILES string of the molecule is Cc1cc(CC23Nc4ccccc4N2C(c2ccccc2)=NN3c2ccccc2)no1. The Hall–Kier alpha value is -4.06. The van der Waals surface area contributed by atoms with E-state index in [0.29, 0.717) is 6.42 Å². The van der Waals surface area contributed by atoms with E-state index < -0.39 is 5.79 Å². The van der Waals surface area contributed by atoms with E-state index in [0.717, 1.165) is 39.9 Å². The van der Waals surface area contributed by atoms with Crippen molar-refractivity contribution in [1.29, 1.82) is 0 Å². The van der Waals surface area contributed by atoms with Crippen LogP contribution in [0.25, 0.3) is 0 Å². The van der Waals surface area contributed by atoms with Crippen molar-refractivity contribution in [2.45, 2.75) is 19.1 Å². The molecule has 1 atom stereocenters. The van der Waals surface area contributed by atoms with Crippen LogP contribution in [0.3, 0.4) is 0 Å². The minimum atomic E-state index is -0.681. The molecule has 0 saturated heterocycles. The minimum Gasteiger partial charge on any atom is -0.361 e. The van der Waals surface area contributed by atoms with Gasteiger partial charge in [-0.3, -0.25) is 4.90 Å². The Morgan fingerprint density at radius 2 is 1.61 bits per heavy atom. The summed E-state index contributed by atoms with van der Waals surface area (Å²) in [5.41, 5.74) is 5.07. The second-order valence-corrected chi connectivity index (χ2v) is 7.84. The normalized spacial score (nSPS) is 19.1. The molecule has 1 N–H and O–H groups in total. The van der Waals surface area contributed by atoms with E-state index in [1.807, 2.05) is 55.5 Å². The smallest absolute Gasteiger partial charge is 0.221 e. The highest BCUT2D eigenvalue weighted by Crippen LogP contribution is 2.48. The van der Waals surface area contributed by atoms with Gasteiger partial charge in [0.15, 0.2) is 5.84 Å². The Bertz CT molecular complexity index is 1270. The zero-order chi connectivity index (χ0) is 20.8. The summed E-state index contributed by atoms with van der Waals surface area (Å²) in [4.78, 5) is 2.29. The molecule has 6 rings (SSSR count). The summed E-state index contributed by atoms with van der Waals surface area (Å²) < 4.78 is 5.40. The van der Waals surface area contributed by atoms with E-state index in [9.17, 15) is 0 Å². The van der Waals surface area contributed by atoms with Gasteiger partial charge in [0.05, 0.1) is 29.2 Å². The topological polar surface area (TPSA) is 56.9 Å². The molecule has 1 unspecified atom stereocenters. The van der Waals surface area contributed by atoms with E-state index in [-0.39, 0.29) is 0 Å². The predicted molar refractivity (Wildman–Crippen MR) is 122 cm³/mol. The van der Waals surface area contributed by atoms with Crippen molar-refractivity contribution in [3.8, 4) is 0 Å². The maximum atomic E-state index is 5.40. The zero-order valence-corrected chi connectivity index (χ0v) is 17.1. The largest absolute Gasteiger partial charge is 0.361 e. The lowest BCUT2D eigenvalue weighted by atomic mass is 10.1. The highest BCUT2D eigenvalue weighted by molar-refractivity contribution is 6.16. The van der Waals surface area contributed by atoms with E-state index in [4.69, 9.17) is 9.62 Å². The predicted octanol–water partition coefficient (Wildman–Crippen LogP) is 4.99. The Morgan fingerprint density at radius 3 is 2.35 bits per heavy atom. The average Bonchev–Trinajstić information content (AvgIpc) is 3.46. The summed E-state index contributed by atoms with van der Waals surface area (Å²) in [6, 6.07) is 30.9. The molecule has 1 aromatic heterocycles. The molecule has 0 saturated carbocycles. The van der Waals surface area contributed by atoms with E-state index >= 15 is 0 Å². The molecule has 6 heteroatoms. The van der Waals surface area contributed by atoms with Gasteiger partial charge >= 0.3 is 0 Å². The van der Waals surface area contributed by atoms with Crippen LogP contribution >= 0.6 is 0 Å². The summed E-state index contributed by atoms with van der Waals surface area (Å²) in [6.45, 7) is 1.91. The second-order valence-electron chi connectivity index (χ2n) is 7.84. The summed E-state index contributed by atoms with van der Waals surface area (Å²) in [7, 11) is 0. The molecule has 0 fully saturated rings. The number of amidine groups is 1. The number of benzene rings is 3. The van der Waals surface area contributed by atoms with Gasteiger partial charge in [-0.2, -0.15) is 0 Å². The first-order valence-corrected chi connectivity index (χ1v) is 10.3. The fraction of sp³-hybridized carbons (Fsp3) is 0.120. The third-order valence-electron chi connectivity index (χ3n) is 5.74.